The van der Waals surface area contributed by atoms with Crippen LogP contribution in [0, 0.1) is 5.41 Å². The van der Waals surface area contributed by atoms with E-state index in [0.717, 1.165) is 22.4 Å². The number of benzene rings is 3. The summed E-state index contributed by atoms with van der Waals surface area (Å²) in [5.41, 5.74) is 14.6. The van der Waals surface area contributed by atoms with Crippen molar-refractivity contribution in [3.63, 3.8) is 0 Å². The van der Waals surface area contributed by atoms with Gasteiger partial charge in [0, 0.05) is 31.4 Å². The molecule has 226 valence electrons. The number of nitrogens with zero attached hydrogens (tertiary/aromatic N) is 2. The number of rotatable bonds is 14. The number of amides is 2. The van der Waals surface area contributed by atoms with Gasteiger partial charge in [0.15, 0.2) is 0 Å². The second kappa shape index (κ2) is 14.7. The van der Waals surface area contributed by atoms with Crippen LogP contribution < -0.4 is 16.2 Å². The minimum absolute atomic E-state index is 0.121. The molecule has 0 saturated heterocycles. The molecule has 3 aromatic carbocycles. The molecule has 2 atom stereocenters. The lowest BCUT2D eigenvalue weighted by Gasteiger charge is -2.40. The SMILES string of the molecule is CCC(C(C)OC(C)(C)CO)N(Cc1ccc(OCc2ccccc2)cc1)C(=O)N(C)Cc1ccc(N)c(C(=N)N)c1. The summed E-state index contributed by atoms with van der Waals surface area (Å²) in [6, 6.07) is 22.6. The van der Waals surface area contributed by atoms with E-state index < -0.39 is 5.60 Å². The Bertz CT molecular complexity index is 1310. The van der Waals surface area contributed by atoms with Crippen LogP contribution in [0.3, 0.4) is 0 Å². The zero-order chi connectivity index (χ0) is 30.9. The van der Waals surface area contributed by atoms with E-state index in [4.69, 9.17) is 26.4 Å². The Labute approximate surface area is 249 Å². The zero-order valence-electron chi connectivity index (χ0n) is 25.3. The van der Waals surface area contributed by atoms with Gasteiger partial charge in [-0.15, -0.1) is 0 Å². The average Bonchev–Trinajstić information content (AvgIpc) is 2.97. The Kier molecular flexibility index (Phi) is 11.4. The second-order valence-corrected chi connectivity index (χ2v) is 11.2. The summed E-state index contributed by atoms with van der Waals surface area (Å²) >= 11 is 0. The van der Waals surface area contributed by atoms with Gasteiger partial charge in [-0.2, -0.15) is 0 Å². The van der Waals surface area contributed by atoms with Crippen LogP contribution >= 0.6 is 0 Å². The molecule has 0 spiro atoms. The lowest BCUT2D eigenvalue weighted by atomic mass is 10.0. The molecule has 9 heteroatoms. The van der Waals surface area contributed by atoms with Crippen molar-refractivity contribution in [2.75, 3.05) is 19.4 Å². The van der Waals surface area contributed by atoms with Crippen molar-refractivity contribution >= 4 is 17.6 Å². The summed E-state index contributed by atoms with van der Waals surface area (Å²) in [5, 5.41) is 17.6. The fourth-order valence-corrected chi connectivity index (χ4v) is 4.88. The van der Waals surface area contributed by atoms with E-state index in [2.05, 4.69) is 0 Å². The number of nitrogens with two attached hydrogens (primary N) is 2. The highest BCUT2D eigenvalue weighted by atomic mass is 16.5. The third kappa shape index (κ3) is 8.96. The average molecular weight is 576 g/mol. The van der Waals surface area contributed by atoms with Gasteiger partial charge >= 0.3 is 6.03 Å². The summed E-state index contributed by atoms with van der Waals surface area (Å²) in [7, 11) is 1.75. The summed E-state index contributed by atoms with van der Waals surface area (Å²) in [6.45, 7) is 8.61. The maximum absolute atomic E-state index is 14.0. The van der Waals surface area contributed by atoms with Gasteiger partial charge < -0.3 is 35.8 Å². The number of aliphatic hydroxyl groups is 1. The van der Waals surface area contributed by atoms with E-state index in [1.807, 2.05) is 93.3 Å². The van der Waals surface area contributed by atoms with Crippen LogP contribution in [0.5, 0.6) is 5.75 Å². The smallest absolute Gasteiger partial charge is 0.320 e. The normalized spacial score (nSPS) is 12.8. The largest absolute Gasteiger partial charge is 0.489 e. The summed E-state index contributed by atoms with van der Waals surface area (Å²) in [5.74, 6) is 0.625. The first-order chi connectivity index (χ1) is 19.9. The zero-order valence-corrected chi connectivity index (χ0v) is 25.3. The maximum Gasteiger partial charge on any atom is 0.320 e. The highest BCUT2D eigenvalue weighted by Crippen LogP contribution is 2.24. The van der Waals surface area contributed by atoms with Gasteiger partial charge in [-0.05, 0) is 68.1 Å². The molecule has 0 saturated carbocycles. The predicted octanol–water partition coefficient (Wildman–Crippen LogP) is 5.14. The molecular weight excluding hydrogens is 530 g/mol. The number of anilines is 1. The molecule has 2 amide bonds. The number of hydrogen-bond acceptors (Lipinski definition) is 6. The number of carbonyl (C=O) groups excluding carboxylic acids is 1. The molecule has 9 nitrogen and oxygen atoms in total. The number of hydrogen-bond donors (Lipinski definition) is 4. The molecule has 3 aromatic rings. The van der Waals surface area contributed by atoms with Crippen LogP contribution in [0.2, 0.25) is 0 Å². The van der Waals surface area contributed by atoms with Gasteiger partial charge in [-0.3, -0.25) is 5.41 Å². The Morgan fingerprint density at radius 3 is 2.24 bits per heavy atom. The minimum Gasteiger partial charge on any atom is -0.489 e. The molecule has 3 rings (SSSR count). The standard InChI is InChI=1S/C33H45N5O4/c1-6-30(23(2)42-33(3,4)22-39)38(32(40)37(5)19-26-14-17-29(34)28(18-26)31(35)36)20-24-12-15-27(16-13-24)41-21-25-10-8-7-9-11-25/h7-18,23,30,39H,6,19-22,34H2,1-5H3,(H3,35,36). The highest BCUT2D eigenvalue weighted by Gasteiger charge is 2.33. The van der Waals surface area contributed by atoms with Crippen LogP contribution in [0.25, 0.3) is 0 Å². The van der Waals surface area contributed by atoms with Gasteiger partial charge in [0.2, 0.25) is 0 Å². The van der Waals surface area contributed by atoms with Crippen molar-refractivity contribution in [1.29, 1.82) is 5.41 Å². The second-order valence-electron chi connectivity index (χ2n) is 11.2. The fraction of sp³-hybridized carbons (Fsp3) is 0.394. The topological polar surface area (TPSA) is 138 Å². The molecule has 0 fully saturated rings. The van der Waals surface area contributed by atoms with Gasteiger partial charge in [0.25, 0.3) is 0 Å². The Morgan fingerprint density at radius 1 is 1.00 bits per heavy atom. The molecule has 0 heterocycles. The summed E-state index contributed by atoms with van der Waals surface area (Å²) in [6.07, 6.45) is 0.306. The number of urea groups is 1. The lowest BCUT2D eigenvalue weighted by molar-refractivity contribution is -0.115. The van der Waals surface area contributed by atoms with E-state index in [0.29, 0.717) is 37.4 Å². The molecule has 2 unspecified atom stereocenters. The summed E-state index contributed by atoms with van der Waals surface area (Å²) < 4.78 is 12.2. The van der Waals surface area contributed by atoms with Crippen molar-refractivity contribution in [2.24, 2.45) is 5.73 Å². The van der Waals surface area contributed by atoms with Crippen molar-refractivity contribution in [1.82, 2.24) is 9.80 Å². The number of carbonyl (C=O) groups is 1. The van der Waals surface area contributed by atoms with Gasteiger partial charge in [-0.25, -0.2) is 4.79 Å². The molecular formula is C33H45N5O4. The van der Waals surface area contributed by atoms with Gasteiger partial charge in [0.1, 0.15) is 18.2 Å². The number of aliphatic hydroxyl groups excluding tert-OH is 1. The van der Waals surface area contributed by atoms with Gasteiger partial charge in [0.05, 0.1) is 24.4 Å². The molecule has 0 aliphatic rings. The monoisotopic (exact) mass is 575 g/mol. The number of amidine groups is 1. The minimum atomic E-state index is -0.752. The lowest BCUT2D eigenvalue weighted by Crippen LogP contribution is -2.52. The first-order valence-corrected chi connectivity index (χ1v) is 14.2. The van der Waals surface area contributed by atoms with Gasteiger partial charge in [-0.1, -0.05) is 55.5 Å². The van der Waals surface area contributed by atoms with E-state index in [1.165, 1.54) is 0 Å². The van der Waals surface area contributed by atoms with E-state index in [-0.39, 0.29) is 30.6 Å². The molecule has 0 radical (unpaired) electrons. The van der Waals surface area contributed by atoms with Crippen LogP contribution in [-0.4, -0.2) is 58.2 Å². The van der Waals surface area contributed by atoms with Crippen molar-refractivity contribution in [3.05, 3.63) is 95.1 Å². The van der Waals surface area contributed by atoms with Crippen LogP contribution in [0.4, 0.5) is 10.5 Å². The Balaban J connectivity index is 1.83. The Morgan fingerprint density at radius 2 is 1.64 bits per heavy atom. The molecule has 0 aromatic heterocycles. The number of nitrogens with one attached hydrogen (secondary N) is 1. The first-order valence-electron chi connectivity index (χ1n) is 14.2. The third-order valence-corrected chi connectivity index (χ3v) is 7.17. The third-order valence-electron chi connectivity index (χ3n) is 7.17. The summed E-state index contributed by atoms with van der Waals surface area (Å²) in [4.78, 5) is 17.5. The first kappa shape index (κ1) is 32.4. The van der Waals surface area contributed by atoms with E-state index in [9.17, 15) is 9.90 Å². The maximum atomic E-state index is 14.0. The number of nitrogen functional groups attached to an aromatic ring is 2. The van der Waals surface area contributed by atoms with Crippen molar-refractivity contribution in [2.45, 2.75) is 71.6 Å². The predicted molar refractivity (Wildman–Crippen MR) is 167 cm³/mol. The van der Waals surface area contributed by atoms with Crippen LogP contribution in [0.1, 0.15) is 56.4 Å². The molecule has 0 aliphatic carbocycles. The van der Waals surface area contributed by atoms with E-state index >= 15 is 0 Å². The fourth-order valence-electron chi connectivity index (χ4n) is 4.88. The van der Waals surface area contributed by atoms with E-state index in [1.54, 1.807) is 24.1 Å². The highest BCUT2D eigenvalue weighted by molar-refractivity contribution is 6.00. The quantitative estimate of drug-likeness (QED) is 0.119. The molecule has 6 N–H and O–H groups in total. The van der Waals surface area contributed by atoms with Crippen LogP contribution in [0.15, 0.2) is 72.8 Å². The molecule has 42 heavy (non-hydrogen) atoms. The number of ether oxygens (including phenoxy) is 2. The van der Waals surface area contributed by atoms with Crippen molar-refractivity contribution < 1.29 is 19.4 Å². The molecule has 0 bridgehead atoms. The van der Waals surface area contributed by atoms with Crippen LogP contribution in [-0.2, 0) is 24.4 Å². The Hall–Kier alpha value is -4.08. The molecule has 0 aliphatic heterocycles. The van der Waals surface area contributed by atoms with Crippen molar-refractivity contribution in [3.8, 4) is 5.75 Å².